The van der Waals surface area contributed by atoms with Crippen LogP contribution in [0.4, 0.5) is 4.79 Å². The summed E-state index contributed by atoms with van der Waals surface area (Å²) in [7, 11) is 0. The molecule has 0 bridgehead atoms. The second kappa shape index (κ2) is 8.60. The van der Waals surface area contributed by atoms with Gasteiger partial charge in [0.2, 0.25) is 5.91 Å². The molecule has 0 aliphatic rings. The summed E-state index contributed by atoms with van der Waals surface area (Å²) >= 11 is 0. The Morgan fingerprint density at radius 1 is 1.05 bits per heavy atom. The van der Waals surface area contributed by atoms with Gasteiger partial charge >= 0.3 is 12.1 Å². The molecule has 0 aromatic carbocycles. The van der Waals surface area contributed by atoms with Crippen LogP contribution in [0.15, 0.2) is 0 Å². The highest BCUT2D eigenvalue weighted by molar-refractivity contribution is 5.94. The van der Waals surface area contributed by atoms with Gasteiger partial charge in [0, 0.05) is 12.1 Å². The van der Waals surface area contributed by atoms with Crippen LogP contribution in [-0.4, -0.2) is 42.3 Å². The summed E-state index contributed by atoms with van der Waals surface area (Å²) in [6, 6.07) is 0. The van der Waals surface area contributed by atoms with Gasteiger partial charge in [0.1, 0.15) is 12.0 Å². The van der Waals surface area contributed by atoms with Crippen LogP contribution in [0.2, 0.25) is 0 Å². The SMILES string of the molecule is CCOC(=O)CC(=O)NCCC(C)(C)NC(=O)OC(C)(C)C. The fraction of sp³-hybridized carbons (Fsp3) is 0.800. The van der Waals surface area contributed by atoms with Crippen molar-refractivity contribution in [2.45, 2.75) is 65.5 Å². The van der Waals surface area contributed by atoms with Crippen molar-refractivity contribution >= 4 is 18.0 Å². The zero-order valence-electron chi connectivity index (χ0n) is 14.4. The summed E-state index contributed by atoms with van der Waals surface area (Å²) < 4.78 is 9.87. The van der Waals surface area contributed by atoms with Crippen molar-refractivity contribution in [1.29, 1.82) is 0 Å². The third-order valence-electron chi connectivity index (χ3n) is 2.52. The highest BCUT2D eigenvalue weighted by Gasteiger charge is 2.24. The van der Waals surface area contributed by atoms with Crippen molar-refractivity contribution in [3.05, 3.63) is 0 Å². The van der Waals surface area contributed by atoms with Gasteiger partial charge in [-0.2, -0.15) is 0 Å². The van der Waals surface area contributed by atoms with E-state index in [1.54, 1.807) is 27.7 Å². The lowest BCUT2D eigenvalue weighted by Crippen LogP contribution is -2.47. The highest BCUT2D eigenvalue weighted by atomic mass is 16.6. The van der Waals surface area contributed by atoms with Crippen LogP contribution >= 0.6 is 0 Å². The number of carbonyl (C=O) groups excluding carboxylic acids is 3. The molecule has 0 aliphatic heterocycles. The molecule has 0 aromatic rings. The van der Waals surface area contributed by atoms with Gasteiger partial charge in [-0.15, -0.1) is 0 Å². The number of ether oxygens (including phenoxy) is 2. The number of carbonyl (C=O) groups is 3. The molecule has 7 nitrogen and oxygen atoms in total. The molecule has 2 amide bonds. The minimum absolute atomic E-state index is 0.249. The molecule has 0 saturated carbocycles. The van der Waals surface area contributed by atoms with E-state index < -0.39 is 29.1 Å². The van der Waals surface area contributed by atoms with Gasteiger partial charge in [-0.1, -0.05) is 0 Å². The molecule has 0 aromatic heterocycles. The Bertz CT molecular complexity index is 399. The molecule has 2 N–H and O–H groups in total. The van der Waals surface area contributed by atoms with Crippen molar-refractivity contribution in [3.63, 3.8) is 0 Å². The zero-order valence-corrected chi connectivity index (χ0v) is 14.4. The summed E-state index contributed by atoms with van der Waals surface area (Å²) in [5.41, 5.74) is -1.10. The van der Waals surface area contributed by atoms with Gasteiger partial charge in [-0.05, 0) is 48.0 Å². The molecule has 0 radical (unpaired) electrons. The standard InChI is InChI=1S/C15H28N2O5/c1-7-21-12(19)10-11(18)16-9-8-15(5,6)17-13(20)22-14(2,3)4/h7-10H2,1-6H3,(H,16,18)(H,17,20). The molecule has 0 fully saturated rings. The van der Waals surface area contributed by atoms with E-state index in [1.807, 2.05) is 13.8 Å². The highest BCUT2D eigenvalue weighted by Crippen LogP contribution is 2.11. The van der Waals surface area contributed by atoms with Crippen molar-refractivity contribution in [3.8, 4) is 0 Å². The van der Waals surface area contributed by atoms with E-state index in [0.29, 0.717) is 13.0 Å². The van der Waals surface area contributed by atoms with E-state index in [2.05, 4.69) is 15.4 Å². The number of nitrogens with one attached hydrogen (secondary N) is 2. The number of alkyl carbamates (subject to hydrolysis) is 1. The Hall–Kier alpha value is -1.79. The summed E-state index contributed by atoms with van der Waals surface area (Å²) in [5, 5.41) is 5.36. The van der Waals surface area contributed by atoms with E-state index >= 15 is 0 Å². The molecule has 22 heavy (non-hydrogen) atoms. The Kier molecular flexibility index (Phi) is 7.90. The third kappa shape index (κ3) is 10.9. The van der Waals surface area contributed by atoms with Gasteiger partial charge in [-0.3, -0.25) is 9.59 Å². The minimum atomic E-state index is -0.561. The lowest BCUT2D eigenvalue weighted by atomic mass is 10.0. The first-order chi connectivity index (χ1) is 9.95. The predicted molar refractivity (Wildman–Crippen MR) is 82.3 cm³/mol. The molecular weight excluding hydrogens is 288 g/mol. The molecular formula is C15H28N2O5. The first-order valence-electron chi connectivity index (χ1n) is 7.38. The van der Waals surface area contributed by atoms with E-state index in [4.69, 9.17) is 4.74 Å². The lowest BCUT2D eigenvalue weighted by molar-refractivity contribution is -0.145. The fourth-order valence-corrected chi connectivity index (χ4v) is 1.56. The largest absolute Gasteiger partial charge is 0.466 e. The normalized spacial score (nSPS) is 11.5. The van der Waals surface area contributed by atoms with Crippen LogP contribution in [0.5, 0.6) is 0 Å². The maximum atomic E-state index is 11.7. The van der Waals surface area contributed by atoms with Gasteiger partial charge in [0.15, 0.2) is 0 Å². The number of hydrogen-bond acceptors (Lipinski definition) is 5. The Morgan fingerprint density at radius 2 is 1.64 bits per heavy atom. The Balaban J connectivity index is 4.09. The Labute approximate surface area is 132 Å². The maximum Gasteiger partial charge on any atom is 0.408 e. The second-order valence-corrected chi connectivity index (χ2v) is 6.59. The fourth-order valence-electron chi connectivity index (χ4n) is 1.56. The van der Waals surface area contributed by atoms with Crippen LogP contribution < -0.4 is 10.6 Å². The lowest BCUT2D eigenvalue weighted by Gasteiger charge is -2.28. The first-order valence-corrected chi connectivity index (χ1v) is 7.38. The molecule has 0 atom stereocenters. The van der Waals surface area contributed by atoms with E-state index in [0.717, 1.165) is 0 Å². The zero-order chi connectivity index (χ0) is 17.4. The molecule has 0 rings (SSSR count). The van der Waals surface area contributed by atoms with Crippen LogP contribution in [0, 0.1) is 0 Å². The maximum absolute atomic E-state index is 11.7. The van der Waals surface area contributed by atoms with E-state index in [9.17, 15) is 14.4 Å². The monoisotopic (exact) mass is 316 g/mol. The number of amides is 2. The predicted octanol–water partition coefficient (Wildman–Crippen LogP) is 1.75. The topological polar surface area (TPSA) is 93.7 Å². The number of rotatable bonds is 7. The average Bonchev–Trinajstić information content (AvgIpc) is 2.24. The number of esters is 1. The van der Waals surface area contributed by atoms with Crippen molar-refractivity contribution in [2.24, 2.45) is 0 Å². The summed E-state index contributed by atoms with van der Waals surface area (Å²) in [4.78, 5) is 34.3. The van der Waals surface area contributed by atoms with Gasteiger partial charge in [-0.25, -0.2) is 4.79 Å². The van der Waals surface area contributed by atoms with Crippen molar-refractivity contribution in [2.75, 3.05) is 13.2 Å². The average molecular weight is 316 g/mol. The van der Waals surface area contributed by atoms with Crippen LogP contribution in [0.1, 0.15) is 54.4 Å². The van der Waals surface area contributed by atoms with Crippen molar-refractivity contribution in [1.82, 2.24) is 10.6 Å². The van der Waals surface area contributed by atoms with E-state index in [1.165, 1.54) is 0 Å². The van der Waals surface area contributed by atoms with Crippen LogP contribution in [0.3, 0.4) is 0 Å². The van der Waals surface area contributed by atoms with Gasteiger partial charge in [0.25, 0.3) is 0 Å². The minimum Gasteiger partial charge on any atom is -0.466 e. The molecule has 0 spiro atoms. The van der Waals surface area contributed by atoms with E-state index in [-0.39, 0.29) is 13.0 Å². The van der Waals surface area contributed by atoms with Gasteiger partial charge in [0.05, 0.1) is 6.61 Å². The summed E-state index contributed by atoms with van der Waals surface area (Å²) in [5.74, 6) is -0.947. The first kappa shape index (κ1) is 20.2. The summed E-state index contributed by atoms with van der Waals surface area (Å²) in [6.45, 7) is 11.3. The smallest absolute Gasteiger partial charge is 0.408 e. The summed E-state index contributed by atoms with van der Waals surface area (Å²) in [6.07, 6.45) is -0.301. The number of hydrogen-bond donors (Lipinski definition) is 2. The quantitative estimate of drug-likeness (QED) is 0.551. The molecule has 0 unspecified atom stereocenters. The van der Waals surface area contributed by atoms with Crippen LogP contribution in [0.25, 0.3) is 0 Å². The molecule has 0 aliphatic carbocycles. The molecule has 7 heteroatoms. The third-order valence-corrected chi connectivity index (χ3v) is 2.52. The van der Waals surface area contributed by atoms with Gasteiger partial charge < -0.3 is 20.1 Å². The molecule has 0 heterocycles. The molecule has 0 saturated heterocycles. The van der Waals surface area contributed by atoms with Crippen molar-refractivity contribution < 1.29 is 23.9 Å². The van der Waals surface area contributed by atoms with Crippen LogP contribution in [-0.2, 0) is 19.1 Å². The Morgan fingerprint density at radius 3 is 2.14 bits per heavy atom. The second-order valence-electron chi connectivity index (χ2n) is 6.59. The molecule has 128 valence electrons.